The lowest BCUT2D eigenvalue weighted by molar-refractivity contribution is 0.626. The normalized spacial score (nSPS) is 7.60. The average molecular weight is 138 g/mol. The third-order valence-electron chi connectivity index (χ3n) is 0.980. The maximum absolute atomic E-state index is 12.2. The predicted octanol–water partition coefficient (Wildman–Crippen LogP) is 2.16. The van der Waals surface area contributed by atoms with Crippen LogP contribution < -0.4 is 0 Å². The molecule has 1 aromatic carbocycles. The fourth-order valence-electron chi connectivity index (χ4n) is 0.606. The maximum Gasteiger partial charge on any atom is 0.123 e. The van der Waals surface area contributed by atoms with E-state index in [1.807, 2.05) is 13.0 Å². The van der Waals surface area contributed by atoms with Crippen LogP contribution in [0.2, 0.25) is 0 Å². The summed E-state index contributed by atoms with van der Waals surface area (Å²) in [4.78, 5) is 0. The van der Waals surface area contributed by atoms with E-state index in [0.29, 0.717) is 0 Å². The third-order valence-corrected chi connectivity index (χ3v) is 0.980. The predicted molar refractivity (Wildman–Crippen MR) is 34.6 cm³/mol. The summed E-state index contributed by atoms with van der Waals surface area (Å²) in [6.07, 6.45) is 0. The molecular formula is C7H7FN2. The zero-order valence-electron chi connectivity index (χ0n) is 5.58. The van der Waals surface area contributed by atoms with Gasteiger partial charge in [0.15, 0.2) is 0 Å². The van der Waals surface area contributed by atoms with Crippen molar-refractivity contribution in [3.63, 3.8) is 0 Å². The summed E-state index contributed by atoms with van der Waals surface area (Å²) in [5.74, 6) is -0.162. The number of nitrogens with zero attached hydrogens (tertiary/aromatic N) is 2. The molecule has 0 aliphatic carbocycles. The lowest BCUT2D eigenvalue weighted by atomic mass is 10.2. The molecule has 2 nitrogen and oxygen atoms in total. The van der Waals surface area contributed by atoms with Crippen LogP contribution in [0.15, 0.2) is 24.3 Å². The molecule has 1 rings (SSSR count). The van der Waals surface area contributed by atoms with Gasteiger partial charge in [-0.25, -0.2) is 4.39 Å². The molecule has 0 aliphatic rings. The van der Waals surface area contributed by atoms with Crippen molar-refractivity contribution < 1.29 is 4.39 Å². The lowest BCUT2D eigenvalue weighted by Crippen LogP contribution is -1.72. The summed E-state index contributed by atoms with van der Waals surface area (Å²) in [7, 11) is 0. The Balaban J connectivity index is 0.000000371. The van der Waals surface area contributed by atoms with E-state index in [1.54, 1.807) is 6.07 Å². The molecule has 0 N–H and O–H groups in total. The van der Waals surface area contributed by atoms with Gasteiger partial charge in [-0.05, 0) is 24.6 Å². The highest BCUT2D eigenvalue weighted by Crippen LogP contribution is 1.99. The summed E-state index contributed by atoms with van der Waals surface area (Å²) < 4.78 is 12.2. The molecule has 0 bridgehead atoms. The summed E-state index contributed by atoms with van der Waals surface area (Å²) in [5, 5.41) is 12.0. The van der Waals surface area contributed by atoms with Crippen molar-refractivity contribution in [2.45, 2.75) is 6.92 Å². The standard InChI is InChI=1S/C7H7F.N2/c1-6-3-2-4-7(8)5-6;1-2/h2-5H,1H3;. The molecule has 0 saturated carbocycles. The Kier molecular flexibility index (Phi) is 3.81. The summed E-state index contributed by atoms with van der Waals surface area (Å²) in [5.41, 5.74) is 0.963. The van der Waals surface area contributed by atoms with Gasteiger partial charge in [-0.1, -0.05) is 12.1 Å². The first kappa shape index (κ1) is 8.57. The van der Waals surface area contributed by atoms with Gasteiger partial charge in [-0.15, -0.1) is 0 Å². The minimum atomic E-state index is -0.162. The van der Waals surface area contributed by atoms with Gasteiger partial charge in [-0.2, -0.15) is 0 Å². The van der Waals surface area contributed by atoms with E-state index >= 15 is 0 Å². The molecule has 0 fully saturated rings. The van der Waals surface area contributed by atoms with E-state index in [4.69, 9.17) is 10.8 Å². The third kappa shape index (κ3) is 2.78. The highest BCUT2D eigenvalue weighted by Gasteiger charge is 1.84. The lowest BCUT2D eigenvalue weighted by Gasteiger charge is -1.87. The van der Waals surface area contributed by atoms with Crippen LogP contribution >= 0.6 is 0 Å². The van der Waals surface area contributed by atoms with Gasteiger partial charge in [-0.3, -0.25) is 0 Å². The highest BCUT2D eigenvalue weighted by atomic mass is 19.1. The van der Waals surface area contributed by atoms with Crippen LogP contribution in [0.1, 0.15) is 5.56 Å². The molecule has 0 amide bonds. The van der Waals surface area contributed by atoms with Gasteiger partial charge in [0.05, 0.1) is 0 Å². The summed E-state index contributed by atoms with van der Waals surface area (Å²) in [6.45, 7) is 1.86. The van der Waals surface area contributed by atoms with Crippen molar-refractivity contribution in [1.82, 2.24) is 0 Å². The smallest absolute Gasteiger partial charge is 0.123 e. The Bertz CT molecular complexity index is 203. The van der Waals surface area contributed by atoms with Gasteiger partial charge in [0.2, 0.25) is 0 Å². The quantitative estimate of drug-likeness (QED) is 0.516. The second kappa shape index (κ2) is 4.45. The van der Waals surface area contributed by atoms with E-state index in [-0.39, 0.29) is 5.82 Å². The van der Waals surface area contributed by atoms with Gasteiger partial charge >= 0.3 is 0 Å². The first-order valence-electron chi connectivity index (χ1n) is 2.71. The number of hydrogen-bond donors (Lipinski definition) is 0. The topological polar surface area (TPSA) is 47.6 Å². The van der Waals surface area contributed by atoms with Crippen LogP contribution in [0.25, 0.3) is 0 Å². The Morgan fingerprint density at radius 3 is 2.20 bits per heavy atom. The van der Waals surface area contributed by atoms with Crippen LogP contribution in [0, 0.1) is 23.5 Å². The Morgan fingerprint density at radius 2 is 1.90 bits per heavy atom. The molecule has 0 aromatic heterocycles. The van der Waals surface area contributed by atoms with Gasteiger partial charge in [0.25, 0.3) is 0 Å². The highest BCUT2D eigenvalue weighted by molar-refractivity contribution is 5.13. The number of halogens is 1. The van der Waals surface area contributed by atoms with Gasteiger partial charge in [0.1, 0.15) is 5.82 Å². The minimum Gasteiger partial charge on any atom is -0.207 e. The van der Waals surface area contributed by atoms with Crippen LogP contribution in [0.3, 0.4) is 0 Å². The van der Waals surface area contributed by atoms with E-state index in [2.05, 4.69) is 0 Å². The molecule has 52 valence electrons. The number of aryl methyl sites for hydroxylation is 1. The van der Waals surface area contributed by atoms with Crippen molar-refractivity contribution in [3.05, 3.63) is 35.6 Å². The van der Waals surface area contributed by atoms with Crippen molar-refractivity contribution in [3.8, 4) is 0 Å². The molecule has 0 atom stereocenters. The van der Waals surface area contributed by atoms with Crippen LogP contribution in [-0.4, -0.2) is 0 Å². The van der Waals surface area contributed by atoms with Crippen molar-refractivity contribution >= 4 is 0 Å². The van der Waals surface area contributed by atoms with Crippen LogP contribution in [-0.2, 0) is 0 Å². The molecule has 0 radical (unpaired) electrons. The van der Waals surface area contributed by atoms with E-state index in [0.717, 1.165) is 5.56 Å². The molecule has 0 unspecified atom stereocenters. The van der Waals surface area contributed by atoms with Crippen LogP contribution in [0.4, 0.5) is 4.39 Å². The molecule has 1 aromatic rings. The molecule has 0 spiro atoms. The molecule has 0 saturated heterocycles. The molecule has 0 heterocycles. The van der Waals surface area contributed by atoms with Gasteiger partial charge < -0.3 is 0 Å². The second-order valence-electron chi connectivity index (χ2n) is 1.80. The number of benzene rings is 1. The summed E-state index contributed by atoms with van der Waals surface area (Å²) in [6, 6.07) is 6.50. The number of rotatable bonds is 0. The molecular weight excluding hydrogens is 131 g/mol. The monoisotopic (exact) mass is 138 g/mol. The zero-order chi connectivity index (χ0) is 7.98. The van der Waals surface area contributed by atoms with Gasteiger partial charge in [0, 0.05) is 10.8 Å². The van der Waals surface area contributed by atoms with Crippen molar-refractivity contribution in [2.75, 3.05) is 0 Å². The Morgan fingerprint density at radius 1 is 1.30 bits per heavy atom. The SMILES string of the molecule is Cc1cccc(F)c1.N#N. The maximum atomic E-state index is 12.2. The second-order valence-corrected chi connectivity index (χ2v) is 1.80. The fourth-order valence-corrected chi connectivity index (χ4v) is 0.606. The fraction of sp³-hybridized carbons (Fsp3) is 0.143. The van der Waals surface area contributed by atoms with Crippen molar-refractivity contribution in [2.24, 2.45) is 0 Å². The molecule has 3 heteroatoms. The van der Waals surface area contributed by atoms with Crippen molar-refractivity contribution in [1.29, 1.82) is 10.8 Å². The Hall–Kier alpha value is -1.43. The number of hydrogen-bond acceptors (Lipinski definition) is 2. The summed E-state index contributed by atoms with van der Waals surface area (Å²) >= 11 is 0. The first-order valence-corrected chi connectivity index (χ1v) is 2.71. The van der Waals surface area contributed by atoms with Crippen LogP contribution in [0.5, 0.6) is 0 Å². The minimum absolute atomic E-state index is 0.162. The molecule has 10 heavy (non-hydrogen) atoms. The molecule has 0 aliphatic heterocycles. The van der Waals surface area contributed by atoms with E-state index in [9.17, 15) is 4.39 Å². The average Bonchev–Trinajstić information content (AvgIpc) is 1.91. The Labute approximate surface area is 58.7 Å². The zero-order valence-corrected chi connectivity index (χ0v) is 5.58. The first-order chi connectivity index (χ1) is 4.79. The largest absolute Gasteiger partial charge is 0.207 e. The van der Waals surface area contributed by atoms with E-state index < -0.39 is 0 Å². The van der Waals surface area contributed by atoms with E-state index in [1.165, 1.54) is 12.1 Å².